The lowest BCUT2D eigenvalue weighted by molar-refractivity contribution is -0.136. The van der Waals surface area contributed by atoms with Crippen molar-refractivity contribution in [2.75, 3.05) is 4.90 Å². The van der Waals surface area contributed by atoms with Crippen LogP contribution in [-0.2, 0) is 16.9 Å². The number of ketones is 1. The van der Waals surface area contributed by atoms with E-state index in [-0.39, 0.29) is 12.3 Å². The van der Waals surface area contributed by atoms with Gasteiger partial charge in [0.2, 0.25) is 0 Å². The third-order valence-corrected chi connectivity index (χ3v) is 5.58. The smallest absolute Gasteiger partial charge is 0.264 e. The van der Waals surface area contributed by atoms with Gasteiger partial charge in [-0.05, 0) is 42.0 Å². The van der Waals surface area contributed by atoms with Crippen LogP contribution in [0.2, 0.25) is 10.0 Å². The Bertz CT molecular complexity index is 1100. The molecule has 1 aliphatic rings. The van der Waals surface area contributed by atoms with Crippen molar-refractivity contribution < 1.29 is 14.7 Å². The monoisotopic (exact) mass is 426 g/mol. The van der Waals surface area contributed by atoms with Crippen LogP contribution < -0.4 is 4.90 Å². The van der Waals surface area contributed by atoms with E-state index in [1.165, 1.54) is 17.2 Å². The minimum absolute atomic E-state index is 0.163. The van der Waals surface area contributed by atoms with Crippen molar-refractivity contribution in [1.82, 2.24) is 4.98 Å². The Morgan fingerprint density at radius 3 is 2.62 bits per heavy atom. The third kappa shape index (κ3) is 3.53. The number of amides is 1. The molecule has 4 rings (SSSR count). The van der Waals surface area contributed by atoms with Crippen molar-refractivity contribution in [2.45, 2.75) is 18.6 Å². The van der Waals surface area contributed by atoms with Crippen LogP contribution in [0, 0.1) is 0 Å². The summed E-state index contributed by atoms with van der Waals surface area (Å²) in [5.41, 5.74) is -0.165. The van der Waals surface area contributed by atoms with Gasteiger partial charge in [0.1, 0.15) is 0 Å². The molecule has 0 saturated heterocycles. The summed E-state index contributed by atoms with van der Waals surface area (Å²) in [6.07, 6.45) is 2.54. The number of nitrogens with zero attached hydrogens (tertiary/aromatic N) is 2. The van der Waals surface area contributed by atoms with Gasteiger partial charge in [0.25, 0.3) is 5.91 Å². The van der Waals surface area contributed by atoms with E-state index < -0.39 is 17.9 Å². The Labute approximate surface area is 177 Å². The van der Waals surface area contributed by atoms with Crippen LogP contribution in [0.15, 0.2) is 67.0 Å². The number of rotatable bonds is 5. The molecule has 1 amide bonds. The highest BCUT2D eigenvalue weighted by atomic mass is 35.5. The van der Waals surface area contributed by atoms with E-state index in [2.05, 4.69) is 4.98 Å². The SMILES string of the molecule is O=C(C[C@@]1(O)C(=O)N(Cc2ccccc2Cl)c2ccc(Cl)cc21)c1cccnc1. The van der Waals surface area contributed by atoms with E-state index in [1.54, 1.807) is 42.6 Å². The molecule has 3 aromatic rings. The second-order valence-corrected chi connectivity index (χ2v) is 7.69. The molecule has 0 radical (unpaired) electrons. The average molecular weight is 427 g/mol. The molecule has 0 bridgehead atoms. The van der Waals surface area contributed by atoms with E-state index in [9.17, 15) is 14.7 Å². The molecule has 1 N–H and O–H groups in total. The van der Waals surface area contributed by atoms with Crippen molar-refractivity contribution >= 4 is 40.6 Å². The number of aliphatic hydroxyl groups is 1. The molecule has 1 aliphatic heterocycles. The second-order valence-electron chi connectivity index (χ2n) is 6.85. The Kier molecular flexibility index (Phi) is 5.13. The summed E-state index contributed by atoms with van der Waals surface area (Å²) in [6.45, 7) is 0.163. The number of anilines is 1. The molecule has 146 valence electrons. The minimum Gasteiger partial charge on any atom is -0.375 e. The molecule has 1 aromatic heterocycles. The second kappa shape index (κ2) is 7.59. The molecule has 0 spiro atoms. The quantitative estimate of drug-likeness (QED) is 0.613. The number of carbonyl (C=O) groups excluding carboxylic acids is 2. The maximum absolute atomic E-state index is 13.3. The summed E-state index contributed by atoms with van der Waals surface area (Å²) < 4.78 is 0. The van der Waals surface area contributed by atoms with Gasteiger partial charge in [0.15, 0.2) is 11.4 Å². The fourth-order valence-corrected chi connectivity index (χ4v) is 3.88. The number of halogens is 2. The van der Waals surface area contributed by atoms with Crippen LogP contribution in [0.5, 0.6) is 0 Å². The van der Waals surface area contributed by atoms with E-state index in [0.717, 1.165) is 5.56 Å². The topological polar surface area (TPSA) is 70.5 Å². The number of fused-ring (bicyclic) bond motifs is 1. The molecule has 2 aromatic carbocycles. The normalized spacial score (nSPS) is 18.0. The van der Waals surface area contributed by atoms with Crippen molar-refractivity contribution in [3.8, 4) is 0 Å². The number of hydrogen-bond acceptors (Lipinski definition) is 4. The van der Waals surface area contributed by atoms with Gasteiger partial charge in [-0.15, -0.1) is 0 Å². The number of benzene rings is 2. The highest BCUT2D eigenvalue weighted by molar-refractivity contribution is 6.31. The summed E-state index contributed by atoms with van der Waals surface area (Å²) in [4.78, 5) is 31.4. The van der Waals surface area contributed by atoms with E-state index in [4.69, 9.17) is 23.2 Å². The summed E-state index contributed by atoms with van der Waals surface area (Å²) in [6, 6.07) is 15.2. The first-order valence-electron chi connectivity index (χ1n) is 8.91. The molecule has 0 aliphatic carbocycles. The van der Waals surface area contributed by atoms with Gasteiger partial charge in [-0.3, -0.25) is 14.6 Å². The van der Waals surface area contributed by atoms with Crippen molar-refractivity contribution in [2.24, 2.45) is 0 Å². The lowest BCUT2D eigenvalue weighted by atomic mass is 9.88. The fraction of sp³-hybridized carbons (Fsp3) is 0.136. The number of Topliss-reactive ketones (excluding diaryl/α,β-unsaturated/α-hetero) is 1. The Morgan fingerprint density at radius 1 is 1.10 bits per heavy atom. The molecular formula is C22H16Cl2N2O3. The van der Waals surface area contributed by atoms with E-state index in [1.807, 2.05) is 12.1 Å². The van der Waals surface area contributed by atoms with Gasteiger partial charge < -0.3 is 10.0 Å². The summed E-state index contributed by atoms with van der Waals surface area (Å²) in [7, 11) is 0. The van der Waals surface area contributed by atoms with Crippen molar-refractivity contribution in [3.63, 3.8) is 0 Å². The standard InChI is InChI=1S/C22H16Cl2N2O3/c23-16-7-8-19-17(10-16)22(29,11-20(27)14-5-3-9-25-12-14)21(28)26(19)13-15-4-1-2-6-18(15)24/h1-10,12,29H,11,13H2/t22-/m0/s1. The van der Waals surface area contributed by atoms with Gasteiger partial charge in [-0.1, -0.05) is 41.4 Å². The lowest BCUT2D eigenvalue weighted by Crippen LogP contribution is -2.41. The van der Waals surface area contributed by atoms with Crippen LogP contribution in [-0.4, -0.2) is 21.8 Å². The van der Waals surface area contributed by atoms with Gasteiger partial charge >= 0.3 is 0 Å². The van der Waals surface area contributed by atoms with Crippen LogP contribution in [0.25, 0.3) is 0 Å². The largest absolute Gasteiger partial charge is 0.375 e. The van der Waals surface area contributed by atoms with Crippen LogP contribution >= 0.6 is 23.2 Å². The zero-order chi connectivity index (χ0) is 20.6. The van der Waals surface area contributed by atoms with Crippen LogP contribution in [0.4, 0.5) is 5.69 Å². The Morgan fingerprint density at radius 2 is 1.90 bits per heavy atom. The molecule has 1 atom stereocenters. The van der Waals surface area contributed by atoms with Crippen molar-refractivity contribution in [1.29, 1.82) is 0 Å². The van der Waals surface area contributed by atoms with Gasteiger partial charge in [0.05, 0.1) is 18.7 Å². The first-order chi connectivity index (χ1) is 13.9. The van der Waals surface area contributed by atoms with Crippen LogP contribution in [0.3, 0.4) is 0 Å². The molecule has 0 unspecified atom stereocenters. The number of hydrogen-bond donors (Lipinski definition) is 1. The Balaban J connectivity index is 1.73. The Hall–Kier alpha value is -2.73. The molecular weight excluding hydrogens is 411 g/mol. The summed E-state index contributed by atoms with van der Waals surface area (Å²) in [5, 5.41) is 12.2. The number of carbonyl (C=O) groups is 2. The lowest BCUT2D eigenvalue weighted by Gasteiger charge is -2.23. The molecule has 0 saturated carbocycles. The third-order valence-electron chi connectivity index (χ3n) is 4.98. The fourth-order valence-electron chi connectivity index (χ4n) is 3.51. The zero-order valence-electron chi connectivity index (χ0n) is 15.2. The maximum Gasteiger partial charge on any atom is 0.264 e. The highest BCUT2D eigenvalue weighted by Gasteiger charge is 2.51. The highest BCUT2D eigenvalue weighted by Crippen LogP contribution is 2.45. The number of pyridine rings is 1. The van der Waals surface area contributed by atoms with E-state index in [0.29, 0.717) is 26.9 Å². The molecule has 7 heteroatoms. The first kappa shape index (κ1) is 19.6. The van der Waals surface area contributed by atoms with Gasteiger partial charge in [-0.2, -0.15) is 0 Å². The summed E-state index contributed by atoms with van der Waals surface area (Å²) >= 11 is 12.4. The molecule has 2 heterocycles. The summed E-state index contributed by atoms with van der Waals surface area (Å²) in [5.74, 6) is -0.980. The minimum atomic E-state index is -2.02. The maximum atomic E-state index is 13.3. The van der Waals surface area contributed by atoms with Crippen LogP contribution in [0.1, 0.15) is 27.9 Å². The first-order valence-corrected chi connectivity index (χ1v) is 9.67. The molecule has 5 nitrogen and oxygen atoms in total. The molecule has 29 heavy (non-hydrogen) atoms. The van der Waals surface area contributed by atoms with Gasteiger partial charge in [-0.25, -0.2) is 0 Å². The molecule has 0 fully saturated rings. The van der Waals surface area contributed by atoms with E-state index >= 15 is 0 Å². The average Bonchev–Trinajstić information content (AvgIpc) is 2.92. The predicted molar refractivity (Wildman–Crippen MR) is 111 cm³/mol. The number of aromatic nitrogens is 1. The predicted octanol–water partition coefficient (Wildman–Crippen LogP) is 4.40. The van der Waals surface area contributed by atoms with Crippen molar-refractivity contribution in [3.05, 3.63) is 93.7 Å². The van der Waals surface area contributed by atoms with Gasteiger partial charge in [0, 0.05) is 33.6 Å². The zero-order valence-corrected chi connectivity index (χ0v) is 16.7.